The normalized spacial score (nSPS) is 17.6. The molecule has 10 heteroatoms. The average Bonchev–Trinajstić information content (AvgIpc) is 3.38. The van der Waals surface area contributed by atoms with E-state index in [0.29, 0.717) is 42.4 Å². The van der Waals surface area contributed by atoms with E-state index in [0.717, 1.165) is 11.6 Å². The highest BCUT2D eigenvalue weighted by Crippen LogP contribution is 2.42. The molecule has 0 aliphatic carbocycles. The number of carbonyl (C=O) groups is 1. The minimum Gasteiger partial charge on any atom is -0.495 e. The number of carbonyl (C=O) groups excluding carboxylic acids is 1. The van der Waals surface area contributed by atoms with Gasteiger partial charge < -0.3 is 19.3 Å². The predicted octanol–water partition coefficient (Wildman–Crippen LogP) is 6.08. The summed E-state index contributed by atoms with van der Waals surface area (Å²) in [7, 11) is 2.94. The Bertz CT molecular complexity index is 1350. The van der Waals surface area contributed by atoms with Crippen LogP contribution in [0, 0.1) is 5.82 Å². The highest BCUT2D eigenvalue weighted by molar-refractivity contribution is 5.97. The number of hydrogen-bond donors (Lipinski definition) is 0. The molecule has 2 amide bonds. The van der Waals surface area contributed by atoms with E-state index in [9.17, 15) is 22.4 Å². The van der Waals surface area contributed by atoms with Crippen molar-refractivity contribution in [3.05, 3.63) is 83.2 Å². The molecule has 0 bridgehead atoms. The molecule has 3 aromatic carbocycles. The van der Waals surface area contributed by atoms with Crippen molar-refractivity contribution in [1.29, 1.82) is 0 Å². The number of urea groups is 1. The number of alkyl halides is 3. The SMILES string of the molecule is COc1cccc(F)c1N1CC[C@@H](N2Cc3cccc(OC)c3N(Cc3ccccc3C(F)(F)F)C2=O)C1. The van der Waals surface area contributed by atoms with E-state index in [1.807, 2.05) is 11.0 Å². The van der Waals surface area contributed by atoms with Crippen molar-refractivity contribution in [1.82, 2.24) is 4.90 Å². The van der Waals surface area contributed by atoms with E-state index in [1.54, 1.807) is 29.2 Å². The number of anilines is 2. The minimum absolute atomic E-state index is 0.0174. The first-order valence-corrected chi connectivity index (χ1v) is 12.2. The Balaban J connectivity index is 1.49. The fraction of sp³-hybridized carbons (Fsp3) is 0.321. The molecule has 1 fully saturated rings. The molecule has 0 N–H and O–H groups in total. The van der Waals surface area contributed by atoms with E-state index < -0.39 is 23.6 Å². The first-order valence-electron chi connectivity index (χ1n) is 12.2. The third kappa shape index (κ3) is 4.59. The van der Waals surface area contributed by atoms with Crippen molar-refractivity contribution in [3.8, 4) is 11.5 Å². The largest absolute Gasteiger partial charge is 0.495 e. The van der Waals surface area contributed by atoms with Gasteiger partial charge in [0.25, 0.3) is 0 Å². The second-order valence-electron chi connectivity index (χ2n) is 9.30. The Morgan fingerprint density at radius 2 is 1.61 bits per heavy atom. The summed E-state index contributed by atoms with van der Waals surface area (Å²) in [5, 5.41) is 0. The summed E-state index contributed by atoms with van der Waals surface area (Å²) < 4.78 is 66.9. The second kappa shape index (κ2) is 10.1. The van der Waals surface area contributed by atoms with Crippen LogP contribution in [0.5, 0.6) is 11.5 Å². The van der Waals surface area contributed by atoms with E-state index in [-0.39, 0.29) is 24.7 Å². The maximum atomic E-state index is 14.7. The van der Waals surface area contributed by atoms with Crippen LogP contribution in [0.4, 0.5) is 33.7 Å². The number of rotatable bonds is 6. The summed E-state index contributed by atoms with van der Waals surface area (Å²) in [5.41, 5.74) is 0.741. The molecular weight excluding hydrogens is 502 g/mol. The van der Waals surface area contributed by atoms with Crippen molar-refractivity contribution in [2.24, 2.45) is 0 Å². The van der Waals surface area contributed by atoms with Gasteiger partial charge in [0, 0.05) is 19.6 Å². The molecule has 0 radical (unpaired) electrons. The van der Waals surface area contributed by atoms with E-state index in [1.165, 1.54) is 43.4 Å². The van der Waals surface area contributed by atoms with Crippen LogP contribution in [0.2, 0.25) is 0 Å². The number of benzene rings is 3. The summed E-state index contributed by atoms with van der Waals surface area (Å²) in [4.78, 5) is 18.8. The van der Waals surface area contributed by atoms with E-state index in [2.05, 4.69) is 0 Å². The highest BCUT2D eigenvalue weighted by Gasteiger charge is 2.41. The monoisotopic (exact) mass is 529 g/mol. The van der Waals surface area contributed by atoms with Gasteiger partial charge in [-0.2, -0.15) is 13.2 Å². The fourth-order valence-corrected chi connectivity index (χ4v) is 5.37. The lowest BCUT2D eigenvalue weighted by Crippen LogP contribution is -2.52. The Morgan fingerprint density at radius 3 is 2.32 bits per heavy atom. The molecule has 2 aliphatic rings. The number of amides is 2. The van der Waals surface area contributed by atoms with Gasteiger partial charge in [-0.3, -0.25) is 4.90 Å². The topological polar surface area (TPSA) is 45.2 Å². The third-order valence-electron chi connectivity index (χ3n) is 7.13. The molecule has 2 aliphatic heterocycles. The summed E-state index contributed by atoms with van der Waals surface area (Å²) in [6.45, 7) is 0.828. The lowest BCUT2D eigenvalue weighted by atomic mass is 10.0. The fourth-order valence-electron chi connectivity index (χ4n) is 5.37. The standard InChI is InChI=1S/C28H27F4N3O3/c1-37-23-11-5-8-19-16-34(20-13-14-33(17-20)26-22(29)10-6-12-24(26)38-2)27(36)35(25(19)23)15-18-7-3-4-9-21(18)28(30,31)32/h3-12,20H,13-17H2,1-2H3/t20-/m1/s1. The maximum absolute atomic E-state index is 14.7. The molecule has 1 saturated heterocycles. The van der Waals surface area contributed by atoms with Gasteiger partial charge in [0.05, 0.1) is 38.1 Å². The molecule has 0 aromatic heterocycles. The first kappa shape index (κ1) is 25.7. The number of nitrogens with zero attached hydrogens (tertiary/aromatic N) is 3. The van der Waals surface area contributed by atoms with Gasteiger partial charge >= 0.3 is 12.2 Å². The zero-order chi connectivity index (χ0) is 27.0. The van der Waals surface area contributed by atoms with Crippen LogP contribution < -0.4 is 19.3 Å². The summed E-state index contributed by atoms with van der Waals surface area (Å²) >= 11 is 0. The lowest BCUT2D eigenvalue weighted by molar-refractivity contribution is -0.138. The first-order chi connectivity index (χ1) is 18.2. The van der Waals surface area contributed by atoms with Gasteiger partial charge in [0.1, 0.15) is 23.0 Å². The Hall–Kier alpha value is -3.95. The minimum atomic E-state index is -4.57. The number of methoxy groups -OCH3 is 2. The number of hydrogen-bond acceptors (Lipinski definition) is 4. The molecule has 0 unspecified atom stereocenters. The van der Waals surface area contributed by atoms with Crippen LogP contribution >= 0.6 is 0 Å². The maximum Gasteiger partial charge on any atom is 0.416 e. The molecule has 0 spiro atoms. The number of halogens is 4. The second-order valence-corrected chi connectivity index (χ2v) is 9.30. The molecule has 200 valence electrons. The van der Waals surface area contributed by atoms with Crippen LogP contribution in [-0.2, 0) is 19.3 Å². The number of ether oxygens (including phenoxy) is 2. The van der Waals surface area contributed by atoms with Crippen molar-refractivity contribution in [2.45, 2.75) is 31.7 Å². The van der Waals surface area contributed by atoms with Crippen LogP contribution in [-0.4, -0.2) is 44.3 Å². The quantitative estimate of drug-likeness (QED) is 0.363. The third-order valence-corrected chi connectivity index (χ3v) is 7.13. The van der Waals surface area contributed by atoms with Gasteiger partial charge in [0.15, 0.2) is 0 Å². The summed E-state index contributed by atoms with van der Waals surface area (Å²) in [6, 6.07) is 14.5. The van der Waals surface area contributed by atoms with E-state index >= 15 is 0 Å². The van der Waals surface area contributed by atoms with Gasteiger partial charge in [-0.05, 0) is 41.8 Å². The summed E-state index contributed by atoms with van der Waals surface area (Å²) in [6.07, 6.45) is -4.00. The highest BCUT2D eigenvalue weighted by atomic mass is 19.4. The zero-order valence-electron chi connectivity index (χ0n) is 21.0. The predicted molar refractivity (Wildman–Crippen MR) is 135 cm³/mol. The molecule has 0 saturated carbocycles. The number of fused-ring (bicyclic) bond motifs is 1. The lowest BCUT2D eigenvalue weighted by Gasteiger charge is -2.41. The molecule has 3 aromatic rings. The zero-order valence-corrected chi connectivity index (χ0v) is 21.0. The Kier molecular flexibility index (Phi) is 6.81. The molecular formula is C28H27F4N3O3. The van der Waals surface area contributed by atoms with Gasteiger partial charge in [0.2, 0.25) is 0 Å². The van der Waals surface area contributed by atoms with Gasteiger partial charge in [-0.15, -0.1) is 0 Å². The molecule has 38 heavy (non-hydrogen) atoms. The van der Waals surface area contributed by atoms with Gasteiger partial charge in [-0.25, -0.2) is 9.18 Å². The van der Waals surface area contributed by atoms with Crippen molar-refractivity contribution in [2.75, 3.05) is 37.1 Å². The smallest absolute Gasteiger partial charge is 0.416 e. The average molecular weight is 530 g/mol. The van der Waals surface area contributed by atoms with Crippen molar-refractivity contribution in [3.63, 3.8) is 0 Å². The van der Waals surface area contributed by atoms with Crippen molar-refractivity contribution >= 4 is 17.4 Å². The van der Waals surface area contributed by atoms with Crippen LogP contribution in [0.25, 0.3) is 0 Å². The Morgan fingerprint density at radius 1 is 0.921 bits per heavy atom. The van der Waals surface area contributed by atoms with Crippen LogP contribution in [0.1, 0.15) is 23.1 Å². The van der Waals surface area contributed by atoms with Crippen LogP contribution in [0.15, 0.2) is 60.7 Å². The van der Waals surface area contributed by atoms with Crippen molar-refractivity contribution < 1.29 is 31.8 Å². The molecule has 5 rings (SSSR count). The molecule has 6 nitrogen and oxygen atoms in total. The van der Waals surface area contributed by atoms with E-state index in [4.69, 9.17) is 9.47 Å². The van der Waals surface area contributed by atoms with Crippen LogP contribution in [0.3, 0.4) is 0 Å². The molecule has 2 heterocycles. The molecule has 1 atom stereocenters. The number of para-hydroxylation sites is 2. The van der Waals surface area contributed by atoms with Gasteiger partial charge in [-0.1, -0.05) is 36.4 Å². The summed E-state index contributed by atoms with van der Waals surface area (Å²) in [5.74, 6) is 0.385. The Labute approximate surface area is 218 Å².